The van der Waals surface area contributed by atoms with Gasteiger partial charge in [-0.05, 0) is 30.7 Å². The molecule has 0 unspecified atom stereocenters. The summed E-state index contributed by atoms with van der Waals surface area (Å²) in [5.74, 6) is 0.202. The van der Waals surface area contributed by atoms with Crippen LogP contribution >= 0.6 is 0 Å². The van der Waals surface area contributed by atoms with Gasteiger partial charge in [-0.2, -0.15) is 0 Å². The van der Waals surface area contributed by atoms with Crippen LogP contribution in [0.2, 0.25) is 0 Å². The molecule has 1 aromatic rings. The molecule has 0 aliphatic heterocycles. The normalized spacial score (nSPS) is 11.2. The van der Waals surface area contributed by atoms with Crippen molar-refractivity contribution in [3.05, 3.63) is 24.3 Å². The number of hydrogen-bond donors (Lipinski definition) is 1. The van der Waals surface area contributed by atoms with Crippen molar-refractivity contribution in [3.8, 4) is 0 Å². The van der Waals surface area contributed by atoms with Gasteiger partial charge in [0.1, 0.15) is 0 Å². The molecule has 0 aliphatic carbocycles. The Bertz CT molecular complexity index is 440. The SMILES string of the molecule is CCCCS(=O)(=O)N(C)c1ccc(NC)cc1. The second-order valence-electron chi connectivity index (χ2n) is 3.93. The van der Waals surface area contributed by atoms with E-state index in [2.05, 4.69) is 5.32 Å². The lowest BCUT2D eigenvalue weighted by atomic mass is 10.3. The summed E-state index contributed by atoms with van der Waals surface area (Å²) in [6.07, 6.45) is 1.58. The van der Waals surface area contributed by atoms with E-state index in [1.165, 1.54) is 4.31 Å². The molecule has 0 aromatic heterocycles. The Labute approximate surface area is 104 Å². The molecule has 17 heavy (non-hydrogen) atoms. The molecule has 0 spiro atoms. The molecule has 0 fully saturated rings. The van der Waals surface area contributed by atoms with Crippen molar-refractivity contribution in [3.63, 3.8) is 0 Å². The van der Waals surface area contributed by atoms with E-state index in [0.717, 1.165) is 12.1 Å². The number of rotatable bonds is 6. The summed E-state index contributed by atoms with van der Waals surface area (Å²) >= 11 is 0. The van der Waals surface area contributed by atoms with E-state index in [4.69, 9.17) is 0 Å². The van der Waals surface area contributed by atoms with Gasteiger partial charge in [-0.3, -0.25) is 4.31 Å². The Hall–Kier alpha value is -1.23. The molecule has 0 bridgehead atoms. The lowest BCUT2D eigenvalue weighted by Crippen LogP contribution is -2.28. The maximum absolute atomic E-state index is 12.0. The zero-order chi connectivity index (χ0) is 12.9. The van der Waals surface area contributed by atoms with Crippen LogP contribution in [0.4, 0.5) is 11.4 Å². The Balaban J connectivity index is 2.84. The molecule has 1 N–H and O–H groups in total. The fourth-order valence-electron chi connectivity index (χ4n) is 1.46. The topological polar surface area (TPSA) is 49.4 Å². The first kappa shape index (κ1) is 13.8. The van der Waals surface area contributed by atoms with E-state index < -0.39 is 10.0 Å². The van der Waals surface area contributed by atoms with Gasteiger partial charge in [-0.1, -0.05) is 13.3 Å². The predicted molar refractivity (Wildman–Crippen MR) is 73.1 cm³/mol. The lowest BCUT2D eigenvalue weighted by Gasteiger charge is -2.19. The summed E-state index contributed by atoms with van der Waals surface area (Å²) in [5.41, 5.74) is 1.66. The third kappa shape index (κ3) is 3.63. The van der Waals surface area contributed by atoms with Gasteiger partial charge in [0.15, 0.2) is 0 Å². The first-order valence-corrected chi connectivity index (χ1v) is 7.36. The second-order valence-corrected chi connectivity index (χ2v) is 6.05. The Kier molecular flexibility index (Phi) is 4.81. The van der Waals surface area contributed by atoms with E-state index in [9.17, 15) is 8.42 Å². The molecule has 0 saturated heterocycles. The van der Waals surface area contributed by atoms with Crippen LogP contribution in [0, 0.1) is 0 Å². The number of unbranched alkanes of at least 4 members (excludes halogenated alkanes) is 1. The van der Waals surface area contributed by atoms with Crippen LogP contribution in [-0.4, -0.2) is 28.3 Å². The predicted octanol–water partition coefficient (Wildman–Crippen LogP) is 2.29. The molecule has 0 radical (unpaired) electrons. The number of anilines is 2. The summed E-state index contributed by atoms with van der Waals surface area (Å²) in [7, 11) is 0.245. The van der Waals surface area contributed by atoms with E-state index in [0.29, 0.717) is 12.1 Å². The van der Waals surface area contributed by atoms with Gasteiger partial charge in [0.25, 0.3) is 0 Å². The lowest BCUT2D eigenvalue weighted by molar-refractivity contribution is 0.591. The van der Waals surface area contributed by atoms with Gasteiger partial charge < -0.3 is 5.32 Å². The van der Waals surface area contributed by atoms with Gasteiger partial charge >= 0.3 is 0 Å². The number of nitrogens with one attached hydrogen (secondary N) is 1. The first-order chi connectivity index (χ1) is 8.01. The maximum Gasteiger partial charge on any atom is 0.234 e. The molecule has 0 amide bonds. The number of sulfonamides is 1. The second kappa shape index (κ2) is 5.91. The van der Waals surface area contributed by atoms with Crippen LogP contribution in [0.5, 0.6) is 0 Å². The third-order valence-corrected chi connectivity index (χ3v) is 4.54. The zero-order valence-corrected chi connectivity index (χ0v) is 11.4. The van der Waals surface area contributed by atoms with Crippen molar-refractivity contribution in [1.29, 1.82) is 0 Å². The van der Waals surface area contributed by atoms with Crippen LogP contribution in [0.1, 0.15) is 19.8 Å². The van der Waals surface area contributed by atoms with E-state index in [1.54, 1.807) is 19.2 Å². The van der Waals surface area contributed by atoms with Gasteiger partial charge in [-0.15, -0.1) is 0 Å². The molecular weight excluding hydrogens is 236 g/mol. The van der Waals surface area contributed by atoms with Crippen molar-refractivity contribution >= 4 is 21.4 Å². The molecular formula is C12H20N2O2S. The van der Waals surface area contributed by atoms with Gasteiger partial charge in [0.05, 0.1) is 11.4 Å². The molecule has 0 atom stereocenters. The minimum absolute atomic E-state index is 0.202. The number of hydrogen-bond acceptors (Lipinski definition) is 3. The van der Waals surface area contributed by atoms with Crippen molar-refractivity contribution in [2.45, 2.75) is 19.8 Å². The van der Waals surface area contributed by atoms with Gasteiger partial charge in [0.2, 0.25) is 10.0 Å². The Morgan fingerprint density at radius 2 is 1.82 bits per heavy atom. The van der Waals surface area contributed by atoms with E-state index in [1.807, 2.05) is 26.1 Å². The molecule has 0 aliphatic rings. The third-order valence-electron chi connectivity index (χ3n) is 2.69. The summed E-state index contributed by atoms with van der Waals surface area (Å²) in [6.45, 7) is 1.98. The monoisotopic (exact) mass is 256 g/mol. The largest absolute Gasteiger partial charge is 0.388 e. The molecule has 4 nitrogen and oxygen atoms in total. The average molecular weight is 256 g/mol. The first-order valence-electron chi connectivity index (χ1n) is 5.75. The van der Waals surface area contributed by atoms with E-state index in [-0.39, 0.29) is 5.75 Å². The fraction of sp³-hybridized carbons (Fsp3) is 0.500. The van der Waals surface area contributed by atoms with Crippen molar-refractivity contribution < 1.29 is 8.42 Å². The van der Waals surface area contributed by atoms with E-state index >= 15 is 0 Å². The molecule has 5 heteroatoms. The standard InChI is InChI=1S/C12H20N2O2S/c1-4-5-10-17(15,16)14(3)12-8-6-11(13-2)7-9-12/h6-9,13H,4-5,10H2,1-3H3. The summed E-state index contributed by atoms with van der Waals surface area (Å²) in [4.78, 5) is 0. The quantitative estimate of drug-likeness (QED) is 0.849. The van der Waals surface area contributed by atoms with Gasteiger partial charge in [-0.25, -0.2) is 8.42 Å². The molecule has 96 valence electrons. The zero-order valence-electron chi connectivity index (χ0n) is 10.6. The van der Waals surface area contributed by atoms with Crippen LogP contribution in [0.3, 0.4) is 0 Å². The summed E-state index contributed by atoms with van der Waals surface area (Å²) in [6, 6.07) is 7.33. The van der Waals surface area contributed by atoms with Crippen LogP contribution < -0.4 is 9.62 Å². The summed E-state index contributed by atoms with van der Waals surface area (Å²) in [5, 5.41) is 3.00. The van der Waals surface area contributed by atoms with Gasteiger partial charge in [0, 0.05) is 19.8 Å². The van der Waals surface area contributed by atoms with Crippen LogP contribution in [-0.2, 0) is 10.0 Å². The van der Waals surface area contributed by atoms with Crippen LogP contribution in [0.15, 0.2) is 24.3 Å². The van der Waals surface area contributed by atoms with Crippen molar-refractivity contribution in [2.24, 2.45) is 0 Å². The van der Waals surface area contributed by atoms with Crippen molar-refractivity contribution in [1.82, 2.24) is 0 Å². The molecule has 1 aromatic carbocycles. The maximum atomic E-state index is 12.0. The smallest absolute Gasteiger partial charge is 0.234 e. The fourth-order valence-corrected chi connectivity index (χ4v) is 2.83. The molecule has 1 rings (SSSR count). The molecule has 0 saturated carbocycles. The highest BCUT2D eigenvalue weighted by Crippen LogP contribution is 2.19. The number of benzene rings is 1. The highest BCUT2D eigenvalue weighted by molar-refractivity contribution is 7.92. The average Bonchev–Trinajstić information content (AvgIpc) is 2.35. The minimum Gasteiger partial charge on any atom is -0.388 e. The highest BCUT2D eigenvalue weighted by Gasteiger charge is 2.17. The Morgan fingerprint density at radius 3 is 2.29 bits per heavy atom. The summed E-state index contributed by atoms with van der Waals surface area (Å²) < 4.78 is 25.3. The Morgan fingerprint density at radius 1 is 1.24 bits per heavy atom. The number of nitrogens with zero attached hydrogens (tertiary/aromatic N) is 1. The van der Waals surface area contributed by atoms with Crippen LogP contribution in [0.25, 0.3) is 0 Å². The molecule has 0 heterocycles. The van der Waals surface area contributed by atoms with Crippen molar-refractivity contribution in [2.75, 3.05) is 29.5 Å². The minimum atomic E-state index is -3.18. The highest BCUT2D eigenvalue weighted by atomic mass is 32.2.